The minimum absolute atomic E-state index is 0.0725. The molecule has 6 heteroatoms. The maximum Gasteiger partial charge on any atom is 0.416 e. The van der Waals surface area contributed by atoms with Crippen molar-refractivity contribution in [3.05, 3.63) is 60.2 Å². The molecule has 0 aromatic heterocycles. The van der Waals surface area contributed by atoms with Crippen LogP contribution in [0.4, 0.5) is 18.9 Å². The van der Waals surface area contributed by atoms with Gasteiger partial charge in [0.2, 0.25) is 0 Å². The summed E-state index contributed by atoms with van der Waals surface area (Å²) in [5, 5.41) is 2.41. The van der Waals surface area contributed by atoms with Gasteiger partial charge in [0.25, 0.3) is 5.91 Å². The van der Waals surface area contributed by atoms with Gasteiger partial charge >= 0.3 is 6.18 Å². The first-order valence-electron chi connectivity index (χ1n) is 6.56. The van der Waals surface area contributed by atoms with Crippen LogP contribution >= 0.6 is 0 Å². The minimum atomic E-state index is -4.45. The van der Waals surface area contributed by atoms with E-state index < -0.39 is 23.8 Å². The number of anilines is 1. The third-order valence-corrected chi connectivity index (χ3v) is 2.88. The predicted molar refractivity (Wildman–Crippen MR) is 76.6 cm³/mol. The van der Waals surface area contributed by atoms with E-state index in [1.807, 2.05) is 0 Å². The van der Waals surface area contributed by atoms with Crippen molar-refractivity contribution in [2.24, 2.45) is 0 Å². The van der Waals surface area contributed by atoms with Crippen molar-refractivity contribution in [2.45, 2.75) is 19.2 Å². The van der Waals surface area contributed by atoms with Crippen LogP contribution in [-0.4, -0.2) is 12.0 Å². The number of amides is 1. The molecule has 0 bridgehead atoms. The molecule has 0 spiro atoms. The van der Waals surface area contributed by atoms with Crippen molar-refractivity contribution >= 4 is 11.6 Å². The number of hydrogen-bond donors (Lipinski definition) is 1. The highest BCUT2D eigenvalue weighted by Gasteiger charge is 2.30. The van der Waals surface area contributed by atoms with Crippen molar-refractivity contribution in [3.63, 3.8) is 0 Å². The van der Waals surface area contributed by atoms with Crippen LogP contribution in [0.15, 0.2) is 54.6 Å². The van der Waals surface area contributed by atoms with Gasteiger partial charge in [0.1, 0.15) is 5.75 Å². The van der Waals surface area contributed by atoms with E-state index in [1.54, 1.807) is 30.3 Å². The molecule has 0 saturated heterocycles. The lowest BCUT2D eigenvalue weighted by Crippen LogP contribution is -2.30. The number of halogens is 3. The van der Waals surface area contributed by atoms with Crippen LogP contribution in [0.25, 0.3) is 0 Å². The molecular weight excluding hydrogens is 295 g/mol. The molecular formula is C16H14F3NO2. The maximum atomic E-state index is 12.6. The van der Waals surface area contributed by atoms with Crippen LogP contribution < -0.4 is 10.1 Å². The Morgan fingerprint density at radius 1 is 1.09 bits per heavy atom. The summed E-state index contributed by atoms with van der Waals surface area (Å²) in [6.07, 6.45) is -5.29. The molecule has 1 atom stereocenters. The molecule has 0 unspecified atom stereocenters. The minimum Gasteiger partial charge on any atom is -0.481 e. The second kappa shape index (κ2) is 6.51. The first-order chi connectivity index (χ1) is 10.4. The number of para-hydroxylation sites is 1. The number of alkyl halides is 3. The van der Waals surface area contributed by atoms with E-state index in [2.05, 4.69) is 5.32 Å². The highest BCUT2D eigenvalue weighted by molar-refractivity contribution is 5.94. The number of ether oxygens (including phenoxy) is 1. The number of benzene rings is 2. The highest BCUT2D eigenvalue weighted by Crippen LogP contribution is 2.30. The molecule has 0 radical (unpaired) electrons. The summed E-state index contributed by atoms with van der Waals surface area (Å²) >= 11 is 0. The summed E-state index contributed by atoms with van der Waals surface area (Å²) in [6, 6.07) is 13.2. The SMILES string of the molecule is C[C@@H](Oc1ccccc1)C(=O)Nc1cccc(C(F)(F)F)c1. The summed E-state index contributed by atoms with van der Waals surface area (Å²) in [4.78, 5) is 12.0. The van der Waals surface area contributed by atoms with Crippen molar-refractivity contribution in [2.75, 3.05) is 5.32 Å². The molecule has 2 rings (SSSR count). The Hall–Kier alpha value is -2.50. The highest BCUT2D eigenvalue weighted by atomic mass is 19.4. The molecule has 2 aromatic rings. The molecule has 0 aliphatic rings. The summed E-state index contributed by atoms with van der Waals surface area (Å²) in [5.74, 6) is -0.0163. The van der Waals surface area contributed by atoms with E-state index in [-0.39, 0.29) is 5.69 Å². The Labute approximate surface area is 125 Å². The molecule has 116 valence electrons. The van der Waals surface area contributed by atoms with Gasteiger partial charge in [-0.1, -0.05) is 24.3 Å². The van der Waals surface area contributed by atoms with Gasteiger partial charge in [0.15, 0.2) is 6.10 Å². The van der Waals surface area contributed by atoms with Crippen LogP contribution in [0.3, 0.4) is 0 Å². The fraction of sp³-hybridized carbons (Fsp3) is 0.188. The fourth-order valence-corrected chi connectivity index (χ4v) is 1.77. The Morgan fingerprint density at radius 3 is 2.41 bits per heavy atom. The summed E-state index contributed by atoms with van der Waals surface area (Å²) < 4.78 is 43.3. The summed E-state index contributed by atoms with van der Waals surface area (Å²) in [6.45, 7) is 1.52. The van der Waals surface area contributed by atoms with Crippen molar-refractivity contribution < 1.29 is 22.7 Å². The number of nitrogens with one attached hydrogen (secondary N) is 1. The topological polar surface area (TPSA) is 38.3 Å². The predicted octanol–water partition coefficient (Wildman–Crippen LogP) is 4.11. The van der Waals surface area contributed by atoms with Gasteiger partial charge in [-0.15, -0.1) is 0 Å². The van der Waals surface area contributed by atoms with Crippen LogP contribution in [0.2, 0.25) is 0 Å². The van der Waals surface area contributed by atoms with Gasteiger partial charge in [0, 0.05) is 5.69 Å². The third kappa shape index (κ3) is 4.25. The molecule has 0 saturated carbocycles. The normalized spacial score (nSPS) is 12.5. The Balaban J connectivity index is 2.02. The number of carbonyl (C=O) groups is 1. The van der Waals surface area contributed by atoms with Gasteiger partial charge in [-0.25, -0.2) is 0 Å². The molecule has 22 heavy (non-hydrogen) atoms. The quantitative estimate of drug-likeness (QED) is 0.923. The van der Waals surface area contributed by atoms with E-state index >= 15 is 0 Å². The molecule has 0 heterocycles. The van der Waals surface area contributed by atoms with E-state index in [4.69, 9.17) is 4.74 Å². The Morgan fingerprint density at radius 2 is 1.77 bits per heavy atom. The van der Waals surface area contributed by atoms with Crippen molar-refractivity contribution in [1.82, 2.24) is 0 Å². The number of carbonyl (C=O) groups excluding carboxylic acids is 1. The molecule has 2 aromatic carbocycles. The second-order valence-corrected chi connectivity index (χ2v) is 4.64. The molecule has 1 amide bonds. The Bertz CT molecular complexity index is 641. The summed E-state index contributed by atoms with van der Waals surface area (Å²) in [7, 11) is 0. The molecule has 0 aliphatic carbocycles. The van der Waals surface area contributed by atoms with E-state index in [0.717, 1.165) is 12.1 Å². The monoisotopic (exact) mass is 309 g/mol. The van der Waals surface area contributed by atoms with Gasteiger partial charge in [-0.2, -0.15) is 13.2 Å². The van der Waals surface area contributed by atoms with Gasteiger partial charge < -0.3 is 10.1 Å². The Kier molecular flexibility index (Phi) is 4.70. The smallest absolute Gasteiger partial charge is 0.416 e. The maximum absolute atomic E-state index is 12.6. The molecule has 3 nitrogen and oxygen atoms in total. The molecule has 0 fully saturated rings. The number of hydrogen-bond acceptors (Lipinski definition) is 2. The second-order valence-electron chi connectivity index (χ2n) is 4.64. The first-order valence-corrected chi connectivity index (χ1v) is 6.56. The average molecular weight is 309 g/mol. The molecule has 1 N–H and O–H groups in total. The zero-order valence-electron chi connectivity index (χ0n) is 11.7. The van der Waals surface area contributed by atoms with Crippen molar-refractivity contribution in [3.8, 4) is 5.75 Å². The van der Waals surface area contributed by atoms with E-state index in [1.165, 1.54) is 19.1 Å². The van der Waals surface area contributed by atoms with Crippen LogP contribution in [-0.2, 0) is 11.0 Å². The van der Waals surface area contributed by atoms with Gasteiger partial charge in [0.05, 0.1) is 5.56 Å². The lowest BCUT2D eigenvalue weighted by atomic mass is 10.2. The average Bonchev–Trinajstić information content (AvgIpc) is 2.47. The fourth-order valence-electron chi connectivity index (χ4n) is 1.77. The standard InChI is InChI=1S/C16H14F3NO2/c1-11(22-14-8-3-2-4-9-14)15(21)20-13-7-5-6-12(10-13)16(17,18)19/h2-11H,1H3,(H,20,21)/t11-/m1/s1. The number of rotatable bonds is 4. The molecule has 0 aliphatic heterocycles. The largest absolute Gasteiger partial charge is 0.481 e. The zero-order chi connectivity index (χ0) is 16.2. The first kappa shape index (κ1) is 15.9. The van der Waals surface area contributed by atoms with Crippen LogP contribution in [0, 0.1) is 0 Å². The lowest BCUT2D eigenvalue weighted by Gasteiger charge is -2.15. The zero-order valence-corrected chi connectivity index (χ0v) is 11.7. The van der Waals surface area contributed by atoms with Gasteiger partial charge in [-0.3, -0.25) is 4.79 Å². The van der Waals surface area contributed by atoms with Gasteiger partial charge in [-0.05, 0) is 37.3 Å². The van der Waals surface area contributed by atoms with E-state index in [9.17, 15) is 18.0 Å². The third-order valence-electron chi connectivity index (χ3n) is 2.88. The lowest BCUT2D eigenvalue weighted by molar-refractivity contribution is -0.137. The summed E-state index contributed by atoms with van der Waals surface area (Å²) in [5.41, 5.74) is -0.745. The van der Waals surface area contributed by atoms with Crippen LogP contribution in [0.1, 0.15) is 12.5 Å². The van der Waals surface area contributed by atoms with Crippen molar-refractivity contribution in [1.29, 1.82) is 0 Å². The van der Waals surface area contributed by atoms with Crippen LogP contribution in [0.5, 0.6) is 5.75 Å². The van der Waals surface area contributed by atoms with E-state index in [0.29, 0.717) is 5.75 Å².